The van der Waals surface area contributed by atoms with Gasteiger partial charge in [-0.3, -0.25) is 4.68 Å². The molecule has 2 aromatic heterocycles. The highest BCUT2D eigenvalue weighted by Gasteiger charge is 2.25. The van der Waals surface area contributed by atoms with Crippen molar-refractivity contribution in [3.05, 3.63) is 65.4 Å². The smallest absolute Gasteiger partial charge is 0.227 e. The Morgan fingerprint density at radius 2 is 1.92 bits per heavy atom. The van der Waals surface area contributed by atoms with E-state index in [1.807, 2.05) is 35.9 Å². The maximum atomic E-state index is 13.1. The number of nitrogens with zero attached hydrogens (tertiary/aromatic N) is 6. The molecule has 4 rings (SSSR count). The molecule has 0 saturated heterocycles. The van der Waals surface area contributed by atoms with Crippen molar-refractivity contribution in [2.45, 2.75) is 19.6 Å². The Balaban J connectivity index is 1.54. The van der Waals surface area contributed by atoms with E-state index in [0.29, 0.717) is 13.1 Å². The number of aromatic nitrogens is 4. The Kier molecular flexibility index (Phi) is 3.83. The Morgan fingerprint density at radius 1 is 1.12 bits per heavy atom. The van der Waals surface area contributed by atoms with Crippen molar-refractivity contribution in [3.8, 4) is 0 Å². The maximum absolute atomic E-state index is 13.1. The summed E-state index contributed by atoms with van der Waals surface area (Å²) in [4.78, 5) is 13.1. The lowest BCUT2D eigenvalue weighted by molar-refractivity contribution is 0.620. The van der Waals surface area contributed by atoms with E-state index in [4.69, 9.17) is 0 Å². The minimum Gasteiger partial charge on any atom is -0.363 e. The van der Waals surface area contributed by atoms with Crippen molar-refractivity contribution >= 4 is 11.8 Å². The number of anilines is 2. The van der Waals surface area contributed by atoms with Crippen molar-refractivity contribution in [1.29, 1.82) is 0 Å². The molecule has 0 unspecified atom stereocenters. The van der Waals surface area contributed by atoms with Gasteiger partial charge >= 0.3 is 0 Å². The number of hydrogen-bond donors (Lipinski definition) is 0. The van der Waals surface area contributed by atoms with E-state index in [2.05, 4.69) is 20.0 Å². The Hall–Kier alpha value is -2.96. The van der Waals surface area contributed by atoms with Crippen molar-refractivity contribution < 1.29 is 4.39 Å². The molecule has 0 amide bonds. The van der Waals surface area contributed by atoms with E-state index in [9.17, 15) is 4.39 Å². The van der Waals surface area contributed by atoms with Crippen molar-refractivity contribution in [3.63, 3.8) is 0 Å². The van der Waals surface area contributed by atoms with Crippen LogP contribution in [0.25, 0.3) is 0 Å². The van der Waals surface area contributed by atoms with Gasteiger partial charge in [-0.2, -0.15) is 10.1 Å². The van der Waals surface area contributed by atoms with Crippen LogP contribution in [0, 0.1) is 5.82 Å². The molecule has 0 N–H and O–H groups in total. The first kappa shape index (κ1) is 15.6. The van der Waals surface area contributed by atoms with Crippen molar-refractivity contribution in [1.82, 2.24) is 19.7 Å². The fourth-order valence-electron chi connectivity index (χ4n) is 2.99. The Bertz CT molecular complexity index is 887. The largest absolute Gasteiger partial charge is 0.363 e. The molecule has 0 bridgehead atoms. The molecular weight excluding hydrogens is 319 g/mol. The molecule has 0 radical (unpaired) electrons. The second kappa shape index (κ2) is 6.16. The first-order chi connectivity index (χ1) is 12.1. The summed E-state index contributed by atoms with van der Waals surface area (Å²) in [5, 5.41) is 4.48. The minimum atomic E-state index is -0.224. The van der Waals surface area contributed by atoms with E-state index >= 15 is 0 Å². The second-order valence-electron chi connectivity index (χ2n) is 6.37. The first-order valence-corrected chi connectivity index (χ1v) is 8.13. The lowest BCUT2D eigenvalue weighted by atomic mass is 10.2. The van der Waals surface area contributed by atoms with Crippen LogP contribution in [0.3, 0.4) is 0 Å². The van der Waals surface area contributed by atoms with Gasteiger partial charge < -0.3 is 9.80 Å². The zero-order valence-electron chi connectivity index (χ0n) is 14.2. The number of hydrogen-bond acceptors (Lipinski definition) is 5. The van der Waals surface area contributed by atoms with Crippen LogP contribution in [0.1, 0.15) is 16.8 Å². The highest BCUT2D eigenvalue weighted by Crippen LogP contribution is 2.27. The van der Waals surface area contributed by atoms with Crippen LogP contribution >= 0.6 is 0 Å². The molecule has 0 aliphatic carbocycles. The third-order valence-electron chi connectivity index (χ3n) is 4.35. The molecule has 0 fully saturated rings. The molecule has 0 spiro atoms. The molecule has 1 aliphatic heterocycles. The summed E-state index contributed by atoms with van der Waals surface area (Å²) < 4.78 is 15.0. The maximum Gasteiger partial charge on any atom is 0.227 e. The molecule has 128 valence electrons. The average molecular weight is 338 g/mol. The average Bonchev–Trinajstić information content (AvgIpc) is 3.19. The third-order valence-corrected chi connectivity index (χ3v) is 4.35. The van der Waals surface area contributed by atoms with Gasteiger partial charge in [0, 0.05) is 32.4 Å². The van der Waals surface area contributed by atoms with Crippen molar-refractivity contribution in [2.75, 3.05) is 23.9 Å². The zero-order valence-corrected chi connectivity index (χ0v) is 14.2. The lowest BCUT2D eigenvalue weighted by Crippen LogP contribution is -2.21. The molecule has 25 heavy (non-hydrogen) atoms. The summed E-state index contributed by atoms with van der Waals surface area (Å²) in [5.74, 6) is 1.38. The van der Waals surface area contributed by atoms with Gasteiger partial charge in [0.2, 0.25) is 5.95 Å². The summed E-state index contributed by atoms with van der Waals surface area (Å²) >= 11 is 0. The van der Waals surface area contributed by atoms with Crippen LogP contribution in [0.15, 0.2) is 42.7 Å². The minimum absolute atomic E-state index is 0.224. The molecule has 0 saturated carbocycles. The van der Waals surface area contributed by atoms with Gasteiger partial charge in [0.1, 0.15) is 11.6 Å². The van der Waals surface area contributed by atoms with Crippen LogP contribution in [0.2, 0.25) is 0 Å². The van der Waals surface area contributed by atoms with Crippen molar-refractivity contribution in [2.24, 2.45) is 0 Å². The molecular formula is C18H19FN6. The standard InChI is InChI=1S/C18H19FN6/c1-23(2)17-7-8-20-18(22-17)24-11-14-9-21-25(16(14)12-24)10-13-3-5-15(19)6-4-13/h3-9H,10-12H2,1-2H3. The van der Waals surface area contributed by atoms with E-state index in [1.165, 1.54) is 17.7 Å². The summed E-state index contributed by atoms with van der Waals surface area (Å²) in [6.07, 6.45) is 3.68. The van der Waals surface area contributed by atoms with Gasteiger partial charge in [0.05, 0.1) is 25.0 Å². The summed E-state index contributed by atoms with van der Waals surface area (Å²) in [6.45, 7) is 2.09. The lowest BCUT2D eigenvalue weighted by Gasteiger charge is -2.18. The normalized spacial score (nSPS) is 13.2. The number of rotatable bonds is 4. The highest BCUT2D eigenvalue weighted by molar-refractivity contribution is 5.46. The molecule has 0 atom stereocenters. The molecule has 1 aliphatic rings. The third kappa shape index (κ3) is 3.05. The predicted molar refractivity (Wildman–Crippen MR) is 94.0 cm³/mol. The highest BCUT2D eigenvalue weighted by atomic mass is 19.1. The van der Waals surface area contributed by atoms with Gasteiger partial charge in [0.25, 0.3) is 0 Å². The van der Waals surface area contributed by atoms with Gasteiger partial charge in [-0.25, -0.2) is 9.37 Å². The molecule has 3 heterocycles. The molecule has 7 heteroatoms. The fourth-order valence-corrected chi connectivity index (χ4v) is 2.99. The fraction of sp³-hybridized carbons (Fsp3) is 0.278. The van der Waals surface area contributed by atoms with E-state index in [-0.39, 0.29) is 5.82 Å². The van der Waals surface area contributed by atoms with Crippen LogP contribution in [-0.4, -0.2) is 33.8 Å². The molecule has 6 nitrogen and oxygen atoms in total. The first-order valence-electron chi connectivity index (χ1n) is 8.13. The van der Waals surface area contributed by atoms with Gasteiger partial charge in [-0.15, -0.1) is 0 Å². The predicted octanol–water partition coefficient (Wildman–Crippen LogP) is 2.45. The van der Waals surface area contributed by atoms with E-state index in [0.717, 1.165) is 29.6 Å². The summed E-state index contributed by atoms with van der Waals surface area (Å²) in [5.41, 5.74) is 3.36. The zero-order chi connectivity index (χ0) is 17.4. The van der Waals surface area contributed by atoms with Crippen LogP contribution in [0.5, 0.6) is 0 Å². The van der Waals surface area contributed by atoms with Crippen LogP contribution < -0.4 is 9.80 Å². The number of fused-ring (bicyclic) bond motifs is 1. The monoisotopic (exact) mass is 338 g/mol. The topological polar surface area (TPSA) is 50.1 Å². The second-order valence-corrected chi connectivity index (χ2v) is 6.37. The Labute approximate surface area is 145 Å². The van der Waals surface area contributed by atoms with Gasteiger partial charge in [0.15, 0.2) is 0 Å². The summed E-state index contributed by atoms with van der Waals surface area (Å²) in [6, 6.07) is 8.43. The molecule has 3 aromatic rings. The Morgan fingerprint density at radius 3 is 2.68 bits per heavy atom. The van der Waals surface area contributed by atoms with E-state index < -0.39 is 0 Å². The SMILES string of the molecule is CN(C)c1ccnc(N2Cc3cnn(Cc4ccc(F)cc4)c3C2)n1. The van der Waals surface area contributed by atoms with Crippen LogP contribution in [0.4, 0.5) is 16.2 Å². The van der Waals surface area contributed by atoms with E-state index in [1.54, 1.807) is 18.3 Å². The summed E-state index contributed by atoms with van der Waals surface area (Å²) in [7, 11) is 3.93. The quantitative estimate of drug-likeness (QED) is 0.731. The molecule has 1 aromatic carbocycles. The van der Waals surface area contributed by atoms with Gasteiger partial charge in [-0.1, -0.05) is 12.1 Å². The number of benzene rings is 1. The van der Waals surface area contributed by atoms with Crippen LogP contribution in [-0.2, 0) is 19.6 Å². The number of halogens is 1. The van der Waals surface area contributed by atoms with Gasteiger partial charge in [-0.05, 0) is 23.8 Å².